The van der Waals surface area contributed by atoms with Gasteiger partial charge in [0.1, 0.15) is 10.7 Å². The van der Waals surface area contributed by atoms with E-state index in [1.807, 2.05) is 0 Å². The summed E-state index contributed by atoms with van der Waals surface area (Å²) < 4.78 is 17.6. The molecule has 0 unspecified atom stereocenters. The van der Waals surface area contributed by atoms with Gasteiger partial charge in [0.05, 0.1) is 18.4 Å². The quantitative estimate of drug-likeness (QED) is 0.526. The van der Waals surface area contributed by atoms with Crippen LogP contribution in [0.4, 0.5) is 25.7 Å². The Morgan fingerprint density at radius 1 is 0.933 bits per heavy atom. The molecule has 154 valence electrons. The molecule has 0 radical (unpaired) electrons. The fraction of sp³-hybridized carbons (Fsp3) is 0.100. The Morgan fingerprint density at radius 2 is 1.53 bits per heavy atom. The summed E-state index contributed by atoms with van der Waals surface area (Å²) in [6.45, 7) is 1.65. The lowest BCUT2D eigenvalue weighted by Gasteiger charge is -2.05. The van der Waals surface area contributed by atoms with Crippen LogP contribution in [-0.2, 0) is 4.74 Å². The number of halogens is 1. The third kappa shape index (κ3) is 5.17. The van der Waals surface area contributed by atoms with Gasteiger partial charge in [0.2, 0.25) is 0 Å². The molecule has 0 fully saturated rings. The Kier molecular flexibility index (Phi) is 6.38. The maximum absolute atomic E-state index is 12.9. The first-order valence-electron chi connectivity index (χ1n) is 8.66. The van der Waals surface area contributed by atoms with Gasteiger partial charge in [0.15, 0.2) is 5.13 Å². The van der Waals surface area contributed by atoms with E-state index in [9.17, 15) is 18.8 Å². The Balaban J connectivity index is 1.63. The van der Waals surface area contributed by atoms with E-state index >= 15 is 0 Å². The third-order valence-electron chi connectivity index (χ3n) is 3.89. The Labute approximate surface area is 175 Å². The summed E-state index contributed by atoms with van der Waals surface area (Å²) in [5.41, 5.74) is 1.71. The predicted octanol–water partition coefficient (Wildman–Crippen LogP) is 4.27. The molecule has 10 heteroatoms. The molecular weight excluding hydrogens is 411 g/mol. The molecular formula is C20H17FN4O4S. The molecule has 0 saturated heterocycles. The van der Waals surface area contributed by atoms with Crippen LogP contribution in [0.3, 0.4) is 0 Å². The number of hydrogen-bond donors (Lipinski definition) is 3. The third-order valence-corrected chi connectivity index (χ3v) is 4.96. The van der Waals surface area contributed by atoms with Crippen molar-refractivity contribution in [3.8, 4) is 0 Å². The average Bonchev–Trinajstić information content (AvgIpc) is 3.09. The smallest absolute Gasteiger partial charge is 0.337 e. The van der Waals surface area contributed by atoms with Crippen LogP contribution in [0.5, 0.6) is 0 Å². The number of aryl methyl sites for hydroxylation is 1. The molecule has 1 aromatic heterocycles. The van der Waals surface area contributed by atoms with Crippen LogP contribution in [0.15, 0.2) is 48.5 Å². The van der Waals surface area contributed by atoms with Gasteiger partial charge in [-0.25, -0.2) is 19.0 Å². The van der Waals surface area contributed by atoms with Gasteiger partial charge in [0, 0.05) is 11.4 Å². The van der Waals surface area contributed by atoms with Crippen molar-refractivity contribution in [3.05, 3.63) is 70.5 Å². The zero-order valence-corrected chi connectivity index (χ0v) is 16.8. The lowest BCUT2D eigenvalue weighted by atomic mass is 10.2. The van der Waals surface area contributed by atoms with Crippen LogP contribution in [0.2, 0.25) is 0 Å². The van der Waals surface area contributed by atoms with E-state index < -0.39 is 23.7 Å². The summed E-state index contributed by atoms with van der Waals surface area (Å²) in [7, 11) is 1.29. The normalized spacial score (nSPS) is 10.2. The minimum atomic E-state index is -0.569. The zero-order chi connectivity index (χ0) is 21.7. The Bertz CT molecular complexity index is 1080. The molecule has 0 bridgehead atoms. The Hall–Kier alpha value is -3.79. The van der Waals surface area contributed by atoms with Crippen molar-refractivity contribution in [1.82, 2.24) is 4.98 Å². The summed E-state index contributed by atoms with van der Waals surface area (Å²) in [4.78, 5) is 40.6. The minimum absolute atomic E-state index is 0.235. The highest BCUT2D eigenvalue weighted by atomic mass is 32.1. The molecule has 2 aromatic carbocycles. The maximum Gasteiger partial charge on any atom is 0.337 e. The molecule has 0 aliphatic rings. The summed E-state index contributed by atoms with van der Waals surface area (Å²) in [5, 5.41) is 8.03. The number of benzene rings is 2. The highest BCUT2D eigenvalue weighted by Gasteiger charge is 2.17. The fourth-order valence-corrected chi connectivity index (χ4v) is 3.31. The number of nitrogens with zero attached hydrogens (tertiary/aromatic N) is 1. The van der Waals surface area contributed by atoms with Gasteiger partial charge < -0.3 is 15.4 Å². The van der Waals surface area contributed by atoms with Crippen molar-refractivity contribution in [3.63, 3.8) is 0 Å². The zero-order valence-electron chi connectivity index (χ0n) is 16.0. The number of aromatic nitrogens is 1. The van der Waals surface area contributed by atoms with Crippen molar-refractivity contribution >= 4 is 45.8 Å². The van der Waals surface area contributed by atoms with Gasteiger partial charge in [-0.3, -0.25) is 10.1 Å². The summed E-state index contributed by atoms with van der Waals surface area (Å²) in [6.07, 6.45) is 0. The molecule has 1 heterocycles. The van der Waals surface area contributed by atoms with Crippen LogP contribution in [0, 0.1) is 12.7 Å². The van der Waals surface area contributed by atoms with E-state index in [1.165, 1.54) is 43.5 Å². The number of thiazole rings is 1. The number of carbonyl (C=O) groups excluding carboxylic acids is 3. The fourth-order valence-electron chi connectivity index (χ4n) is 2.45. The van der Waals surface area contributed by atoms with Crippen molar-refractivity contribution in [2.24, 2.45) is 0 Å². The topological polar surface area (TPSA) is 109 Å². The van der Waals surface area contributed by atoms with Crippen LogP contribution in [0.1, 0.15) is 25.7 Å². The number of methoxy groups -OCH3 is 1. The maximum atomic E-state index is 12.9. The number of ether oxygens (including phenoxy) is 1. The summed E-state index contributed by atoms with van der Waals surface area (Å²) in [5.74, 6) is -1.28. The SMILES string of the molecule is COC(=O)c1ccc(NC(=O)c2sc(NC(=O)Nc3ccc(F)cc3)nc2C)cc1. The van der Waals surface area contributed by atoms with Crippen molar-refractivity contribution in [1.29, 1.82) is 0 Å². The molecule has 8 nitrogen and oxygen atoms in total. The lowest BCUT2D eigenvalue weighted by molar-refractivity contribution is 0.0600. The summed E-state index contributed by atoms with van der Waals surface area (Å²) >= 11 is 1.01. The number of carbonyl (C=O) groups is 3. The van der Waals surface area contributed by atoms with E-state index in [0.717, 1.165) is 11.3 Å². The molecule has 0 aliphatic carbocycles. The number of urea groups is 1. The number of nitrogens with one attached hydrogen (secondary N) is 3. The second-order valence-electron chi connectivity index (χ2n) is 6.04. The molecule has 3 amide bonds. The predicted molar refractivity (Wildman–Crippen MR) is 112 cm³/mol. The molecule has 0 saturated carbocycles. The standard InChI is InChI=1S/C20H17FN4O4S/c1-11-16(17(26)23-14-7-3-12(4-8-14)18(27)29-2)30-20(22-11)25-19(28)24-15-9-5-13(21)6-10-15/h3-10H,1-2H3,(H,23,26)(H2,22,24,25,28). The minimum Gasteiger partial charge on any atom is -0.465 e. The van der Waals surface area contributed by atoms with Gasteiger partial charge in [0.25, 0.3) is 5.91 Å². The number of amides is 3. The highest BCUT2D eigenvalue weighted by Crippen LogP contribution is 2.24. The molecule has 30 heavy (non-hydrogen) atoms. The number of esters is 1. The van der Waals surface area contributed by atoms with Crippen molar-refractivity contribution in [2.45, 2.75) is 6.92 Å². The van der Waals surface area contributed by atoms with Gasteiger partial charge in [-0.2, -0.15) is 0 Å². The first-order chi connectivity index (χ1) is 14.4. The monoisotopic (exact) mass is 428 g/mol. The molecule has 0 aliphatic heterocycles. The van der Waals surface area contributed by atoms with Crippen molar-refractivity contribution < 1.29 is 23.5 Å². The van der Waals surface area contributed by atoms with E-state index in [4.69, 9.17) is 0 Å². The van der Waals surface area contributed by atoms with Crippen LogP contribution in [0.25, 0.3) is 0 Å². The molecule has 3 rings (SSSR count). The van der Waals surface area contributed by atoms with E-state index in [0.29, 0.717) is 27.5 Å². The molecule has 0 spiro atoms. The average molecular weight is 428 g/mol. The van der Waals surface area contributed by atoms with Gasteiger partial charge >= 0.3 is 12.0 Å². The largest absolute Gasteiger partial charge is 0.465 e. The molecule has 3 N–H and O–H groups in total. The van der Waals surface area contributed by atoms with Gasteiger partial charge in [-0.05, 0) is 55.5 Å². The Morgan fingerprint density at radius 3 is 2.17 bits per heavy atom. The second kappa shape index (κ2) is 9.14. The molecule has 3 aromatic rings. The lowest BCUT2D eigenvalue weighted by Crippen LogP contribution is -2.19. The summed E-state index contributed by atoms with van der Waals surface area (Å²) in [6, 6.07) is 11.0. The molecule has 0 atom stereocenters. The van der Waals surface area contributed by atoms with Crippen LogP contribution in [-0.4, -0.2) is 30.0 Å². The van der Waals surface area contributed by atoms with E-state index in [2.05, 4.69) is 25.7 Å². The van der Waals surface area contributed by atoms with Crippen molar-refractivity contribution in [2.75, 3.05) is 23.1 Å². The van der Waals surface area contributed by atoms with E-state index in [-0.39, 0.29) is 5.13 Å². The second-order valence-corrected chi connectivity index (χ2v) is 7.04. The van der Waals surface area contributed by atoms with E-state index in [1.54, 1.807) is 19.1 Å². The van der Waals surface area contributed by atoms with Crippen LogP contribution >= 0.6 is 11.3 Å². The van der Waals surface area contributed by atoms with Gasteiger partial charge in [-0.1, -0.05) is 11.3 Å². The first-order valence-corrected chi connectivity index (χ1v) is 9.48. The number of anilines is 3. The van der Waals surface area contributed by atoms with Gasteiger partial charge in [-0.15, -0.1) is 0 Å². The number of rotatable bonds is 5. The first kappa shape index (κ1) is 20.9. The highest BCUT2D eigenvalue weighted by molar-refractivity contribution is 7.17. The van der Waals surface area contributed by atoms with Crippen LogP contribution < -0.4 is 16.0 Å². The number of hydrogen-bond acceptors (Lipinski definition) is 6.